The van der Waals surface area contributed by atoms with Gasteiger partial charge in [0.05, 0.1) is 33.9 Å². The van der Waals surface area contributed by atoms with Crippen molar-refractivity contribution in [1.82, 2.24) is 4.98 Å². The highest BCUT2D eigenvalue weighted by atomic mass is 16.1. The van der Waals surface area contributed by atoms with E-state index in [1.807, 2.05) is 12.2 Å². The molecule has 0 radical (unpaired) electrons. The van der Waals surface area contributed by atoms with Gasteiger partial charge in [-0.05, 0) is 18.2 Å². The second kappa shape index (κ2) is 3.11. The second-order valence-electron chi connectivity index (χ2n) is 3.88. The van der Waals surface area contributed by atoms with E-state index in [4.69, 9.17) is 5.26 Å². The third-order valence-corrected chi connectivity index (χ3v) is 2.85. The van der Waals surface area contributed by atoms with Gasteiger partial charge in [-0.3, -0.25) is 4.79 Å². The molecule has 0 aromatic carbocycles. The summed E-state index contributed by atoms with van der Waals surface area (Å²) in [7, 11) is 0. The largest absolute Gasteiger partial charge is 0.381 e. The van der Waals surface area contributed by atoms with Gasteiger partial charge in [0.2, 0.25) is 0 Å². The van der Waals surface area contributed by atoms with Crippen LogP contribution < -0.4 is 16.0 Å². The molecule has 0 saturated heterocycles. The van der Waals surface area contributed by atoms with Gasteiger partial charge in [0.1, 0.15) is 0 Å². The molecule has 1 atom stereocenters. The zero-order valence-electron chi connectivity index (χ0n) is 8.45. The lowest BCUT2D eigenvalue weighted by Gasteiger charge is -2.13. The fourth-order valence-corrected chi connectivity index (χ4v) is 2.10. The Morgan fingerprint density at radius 2 is 2.31 bits per heavy atom. The predicted molar refractivity (Wildman–Crippen MR) is 60.0 cm³/mol. The molecular weight excluding hydrogens is 202 g/mol. The maximum atomic E-state index is 11.7. The summed E-state index contributed by atoms with van der Waals surface area (Å²) in [5.41, 5.74) is 1.51. The molecule has 1 aromatic rings. The van der Waals surface area contributed by atoms with Gasteiger partial charge in [-0.1, -0.05) is 6.08 Å². The van der Waals surface area contributed by atoms with E-state index in [9.17, 15) is 4.79 Å². The third kappa shape index (κ3) is 1.12. The molecular formula is C12H9N3O. The standard InChI is InChI=1S/C12H9N3O/c13-5-7-4-9-12(14-6-7)11-8(15-9)2-1-3-10(11)16/h1-4,7,14-15H,6H2. The number of carbonyl (C=O) groups is 1. The Hall–Kier alpha value is -2.28. The first-order chi connectivity index (χ1) is 7.79. The normalized spacial score (nSPS) is 20.9. The topological polar surface area (TPSA) is 68.7 Å². The number of allylic oxidation sites excluding steroid dienone is 2. The number of carbonyl (C=O) groups excluding carboxylic acids is 1. The summed E-state index contributed by atoms with van der Waals surface area (Å²) >= 11 is 0. The summed E-state index contributed by atoms with van der Waals surface area (Å²) in [4.78, 5) is 14.9. The fourth-order valence-electron chi connectivity index (χ4n) is 2.10. The summed E-state index contributed by atoms with van der Waals surface area (Å²) < 4.78 is 0. The number of nitrogens with zero attached hydrogens (tertiary/aromatic N) is 1. The van der Waals surface area contributed by atoms with Crippen LogP contribution in [0.5, 0.6) is 0 Å². The summed E-state index contributed by atoms with van der Waals surface area (Å²) in [6, 6.07) is 2.19. The van der Waals surface area contributed by atoms with Gasteiger partial charge < -0.3 is 10.3 Å². The van der Waals surface area contributed by atoms with Gasteiger partial charge in [-0.2, -0.15) is 5.26 Å². The van der Waals surface area contributed by atoms with E-state index in [2.05, 4.69) is 16.4 Å². The molecule has 4 nitrogen and oxygen atoms in total. The van der Waals surface area contributed by atoms with E-state index >= 15 is 0 Å². The number of ketones is 1. The number of aromatic amines is 1. The Labute approximate surface area is 91.6 Å². The lowest BCUT2D eigenvalue weighted by atomic mass is 10.0. The van der Waals surface area contributed by atoms with E-state index in [0.29, 0.717) is 12.1 Å². The predicted octanol–water partition coefficient (Wildman–Crippen LogP) is -0.107. The highest BCUT2D eigenvalue weighted by Gasteiger charge is 2.20. The van der Waals surface area contributed by atoms with Crippen molar-refractivity contribution in [3.05, 3.63) is 28.4 Å². The number of nitriles is 1. The van der Waals surface area contributed by atoms with Crippen LogP contribution in [0.1, 0.15) is 10.4 Å². The first-order valence-corrected chi connectivity index (χ1v) is 5.09. The quantitative estimate of drug-likeness (QED) is 0.629. The number of hydrogen-bond donors (Lipinski definition) is 2. The van der Waals surface area contributed by atoms with Crippen LogP contribution in [0, 0.1) is 17.2 Å². The summed E-state index contributed by atoms with van der Waals surface area (Å²) in [6.07, 6.45) is 7.01. The van der Waals surface area contributed by atoms with Crippen LogP contribution in [0.4, 0.5) is 5.69 Å². The number of anilines is 1. The minimum Gasteiger partial charge on any atom is -0.381 e. The van der Waals surface area contributed by atoms with Crippen molar-refractivity contribution in [2.75, 3.05) is 11.9 Å². The van der Waals surface area contributed by atoms with Crippen LogP contribution >= 0.6 is 0 Å². The van der Waals surface area contributed by atoms with Gasteiger partial charge in [-0.15, -0.1) is 0 Å². The Bertz CT molecular complexity index is 658. The van der Waals surface area contributed by atoms with Gasteiger partial charge in [0.15, 0.2) is 5.78 Å². The molecule has 78 valence electrons. The van der Waals surface area contributed by atoms with Crippen molar-refractivity contribution in [3.8, 4) is 6.07 Å². The SMILES string of the molecule is N#CC1C=c2[nH]c3c(c2NC1)C(=O)C=CC=3. The molecule has 0 spiro atoms. The molecule has 0 fully saturated rings. The molecule has 2 N–H and O–H groups in total. The lowest BCUT2D eigenvalue weighted by Crippen LogP contribution is -2.24. The molecule has 2 aliphatic rings. The Morgan fingerprint density at radius 3 is 3.12 bits per heavy atom. The summed E-state index contributed by atoms with van der Waals surface area (Å²) in [5, 5.41) is 13.7. The molecule has 1 aromatic heterocycles. The van der Waals surface area contributed by atoms with E-state index in [1.165, 1.54) is 0 Å². The van der Waals surface area contributed by atoms with Crippen LogP contribution in [0.2, 0.25) is 0 Å². The van der Waals surface area contributed by atoms with Crippen molar-refractivity contribution in [1.29, 1.82) is 5.26 Å². The number of aromatic nitrogens is 1. The zero-order chi connectivity index (χ0) is 11.1. The molecule has 0 amide bonds. The van der Waals surface area contributed by atoms with Gasteiger partial charge in [-0.25, -0.2) is 0 Å². The maximum absolute atomic E-state index is 11.7. The minimum absolute atomic E-state index is 0.00584. The number of H-pyrrole nitrogens is 1. The Morgan fingerprint density at radius 1 is 1.44 bits per heavy atom. The second-order valence-corrected chi connectivity index (χ2v) is 3.88. The summed E-state index contributed by atoms with van der Waals surface area (Å²) in [6.45, 7) is 0.560. The van der Waals surface area contributed by atoms with Crippen molar-refractivity contribution in [2.45, 2.75) is 0 Å². The number of nitrogens with one attached hydrogen (secondary N) is 2. The monoisotopic (exact) mass is 211 g/mol. The van der Waals surface area contributed by atoms with Crippen LogP contribution in [-0.2, 0) is 0 Å². The smallest absolute Gasteiger partial charge is 0.190 e. The van der Waals surface area contributed by atoms with Crippen LogP contribution in [0.15, 0.2) is 12.2 Å². The van der Waals surface area contributed by atoms with Gasteiger partial charge >= 0.3 is 0 Å². The molecule has 1 aliphatic heterocycles. The van der Waals surface area contributed by atoms with Crippen molar-refractivity contribution < 1.29 is 4.79 Å². The van der Waals surface area contributed by atoms with Crippen molar-refractivity contribution in [2.24, 2.45) is 5.92 Å². The molecule has 0 bridgehead atoms. The first kappa shape index (κ1) is 8.98. The minimum atomic E-state index is -0.143. The van der Waals surface area contributed by atoms with E-state index in [0.717, 1.165) is 16.4 Å². The van der Waals surface area contributed by atoms with Gasteiger partial charge in [0, 0.05) is 6.54 Å². The molecule has 16 heavy (non-hydrogen) atoms. The molecule has 4 heteroatoms. The number of rotatable bonds is 0. The Kier molecular flexibility index (Phi) is 1.74. The average molecular weight is 211 g/mol. The molecule has 3 rings (SSSR count). The molecule has 0 saturated carbocycles. The third-order valence-electron chi connectivity index (χ3n) is 2.85. The lowest BCUT2D eigenvalue weighted by molar-refractivity contribution is 0.104. The highest BCUT2D eigenvalue weighted by molar-refractivity contribution is 6.10. The van der Waals surface area contributed by atoms with Crippen molar-refractivity contribution >= 4 is 23.6 Å². The molecule has 1 aliphatic carbocycles. The first-order valence-electron chi connectivity index (χ1n) is 5.09. The Balaban J connectivity index is 2.31. The van der Waals surface area contributed by atoms with E-state index in [1.54, 1.807) is 12.2 Å². The van der Waals surface area contributed by atoms with Gasteiger partial charge in [0.25, 0.3) is 0 Å². The highest BCUT2D eigenvalue weighted by Crippen LogP contribution is 2.14. The molecule has 2 heterocycles. The average Bonchev–Trinajstić information content (AvgIpc) is 2.67. The number of hydrogen-bond acceptors (Lipinski definition) is 3. The fraction of sp³-hybridized carbons (Fsp3) is 0.167. The van der Waals surface area contributed by atoms with Crippen molar-refractivity contribution in [3.63, 3.8) is 0 Å². The van der Waals surface area contributed by atoms with E-state index in [-0.39, 0.29) is 11.7 Å². The zero-order valence-corrected chi connectivity index (χ0v) is 8.45. The van der Waals surface area contributed by atoms with Crippen LogP contribution in [0.3, 0.4) is 0 Å². The number of fused-ring (bicyclic) bond motifs is 3. The maximum Gasteiger partial charge on any atom is 0.190 e. The van der Waals surface area contributed by atoms with Crippen LogP contribution in [-0.4, -0.2) is 17.3 Å². The van der Waals surface area contributed by atoms with E-state index < -0.39 is 0 Å². The summed E-state index contributed by atoms with van der Waals surface area (Å²) in [5.74, 6) is -0.137. The van der Waals surface area contributed by atoms with Crippen LogP contribution in [0.25, 0.3) is 12.2 Å². The molecule has 1 unspecified atom stereocenters.